The molecule has 0 unspecified atom stereocenters. The molecule has 0 atom stereocenters. The number of halogens is 2. The molecule has 0 bridgehead atoms. The predicted molar refractivity (Wildman–Crippen MR) is 66.3 cm³/mol. The number of anilines is 1. The SMILES string of the molecule is O=C(Nc1cc(Br)cnc1Cl)c1c[nH]c(=O)[nH]1. The molecule has 0 spiro atoms. The first kappa shape index (κ1) is 11.9. The van der Waals surface area contributed by atoms with Gasteiger partial charge in [-0.25, -0.2) is 9.78 Å². The second-order valence-corrected chi connectivity index (χ2v) is 4.38. The summed E-state index contributed by atoms with van der Waals surface area (Å²) < 4.78 is 0.680. The van der Waals surface area contributed by atoms with Gasteiger partial charge in [0.1, 0.15) is 5.69 Å². The fourth-order valence-corrected chi connectivity index (χ4v) is 1.64. The summed E-state index contributed by atoms with van der Waals surface area (Å²) in [7, 11) is 0. The van der Waals surface area contributed by atoms with Crippen molar-refractivity contribution in [1.29, 1.82) is 0 Å². The number of nitrogens with one attached hydrogen (secondary N) is 3. The number of pyridine rings is 1. The molecular formula is C9H6BrClN4O2. The van der Waals surface area contributed by atoms with E-state index in [1.165, 1.54) is 12.4 Å². The van der Waals surface area contributed by atoms with E-state index in [9.17, 15) is 9.59 Å². The van der Waals surface area contributed by atoms with Gasteiger partial charge in [-0.15, -0.1) is 0 Å². The first-order chi connectivity index (χ1) is 8.06. The van der Waals surface area contributed by atoms with E-state index in [-0.39, 0.29) is 10.8 Å². The van der Waals surface area contributed by atoms with Gasteiger partial charge >= 0.3 is 5.69 Å². The molecule has 0 saturated heterocycles. The fourth-order valence-electron chi connectivity index (χ4n) is 1.15. The molecule has 17 heavy (non-hydrogen) atoms. The van der Waals surface area contributed by atoms with Gasteiger partial charge < -0.3 is 15.3 Å². The lowest BCUT2D eigenvalue weighted by Gasteiger charge is -2.05. The number of carbonyl (C=O) groups excluding carboxylic acids is 1. The predicted octanol–water partition coefficient (Wildman–Crippen LogP) is 1.77. The molecule has 0 saturated carbocycles. The number of hydrogen-bond donors (Lipinski definition) is 3. The van der Waals surface area contributed by atoms with Crippen LogP contribution >= 0.6 is 27.5 Å². The molecule has 2 aromatic rings. The second kappa shape index (κ2) is 4.72. The summed E-state index contributed by atoms with van der Waals surface area (Å²) in [6, 6.07) is 1.61. The summed E-state index contributed by atoms with van der Waals surface area (Å²) in [6.45, 7) is 0. The molecule has 8 heteroatoms. The minimum absolute atomic E-state index is 0.117. The molecule has 3 N–H and O–H groups in total. The van der Waals surface area contributed by atoms with E-state index in [4.69, 9.17) is 11.6 Å². The Labute approximate surface area is 109 Å². The van der Waals surface area contributed by atoms with Crippen molar-refractivity contribution in [3.8, 4) is 0 Å². The third-order valence-corrected chi connectivity index (χ3v) is 2.63. The third-order valence-electron chi connectivity index (χ3n) is 1.89. The van der Waals surface area contributed by atoms with Crippen LogP contribution in [0.3, 0.4) is 0 Å². The standard InChI is InChI=1S/C9H6BrClN4O2/c10-4-1-5(7(11)12-2-4)14-8(16)6-3-13-9(17)15-6/h1-3H,(H,14,16)(H2,13,15,17). The summed E-state index contributed by atoms with van der Waals surface area (Å²) in [5.74, 6) is -0.481. The molecule has 0 aliphatic heterocycles. The van der Waals surface area contributed by atoms with E-state index in [0.717, 1.165) is 0 Å². The summed E-state index contributed by atoms with van der Waals surface area (Å²) in [5, 5.41) is 2.69. The maximum atomic E-state index is 11.7. The Morgan fingerprint density at radius 1 is 1.53 bits per heavy atom. The van der Waals surface area contributed by atoms with Crippen molar-refractivity contribution in [3.05, 3.63) is 44.3 Å². The molecule has 2 rings (SSSR count). The largest absolute Gasteiger partial charge is 0.323 e. The van der Waals surface area contributed by atoms with Crippen molar-refractivity contribution in [3.63, 3.8) is 0 Å². The number of carbonyl (C=O) groups is 1. The van der Waals surface area contributed by atoms with Gasteiger partial charge in [-0.1, -0.05) is 11.6 Å². The van der Waals surface area contributed by atoms with Gasteiger partial charge in [0.05, 0.1) is 5.69 Å². The second-order valence-electron chi connectivity index (χ2n) is 3.10. The van der Waals surface area contributed by atoms with Crippen LogP contribution in [-0.2, 0) is 0 Å². The highest BCUT2D eigenvalue weighted by molar-refractivity contribution is 9.10. The Bertz CT molecular complexity index is 621. The average molecular weight is 318 g/mol. The Morgan fingerprint density at radius 3 is 2.94 bits per heavy atom. The van der Waals surface area contributed by atoms with Crippen molar-refractivity contribution in [2.75, 3.05) is 5.32 Å². The van der Waals surface area contributed by atoms with Crippen molar-refractivity contribution >= 4 is 39.1 Å². The van der Waals surface area contributed by atoms with E-state index in [0.29, 0.717) is 10.2 Å². The van der Waals surface area contributed by atoms with Gasteiger partial charge in [0.15, 0.2) is 5.15 Å². The summed E-state index contributed by atoms with van der Waals surface area (Å²) in [4.78, 5) is 31.0. The van der Waals surface area contributed by atoms with Crippen LogP contribution in [-0.4, -0.2) is 20.9 Å². The highest BCUT2D eigenvalue weighted by atomic mass is 79.9. The molecule has 0 radical (unpaired) electrons. The summed E-state index contributed by atoms with van der Waals surface area (Å²) >= 11 is 9.02. The number of H-pyrrole nitrogens is 2. The number of nitrogens with zero attached hydrogens (tertiary/aromatic N) is 1. The van der Waals surface area contributed by atoms with Crippen molar-refractivity contribution in [2.24, 2.45) is 0 Å². The van der Waals surface area contributed by atoms with Crippen LogP contribution in [0, 0.1) is 0 Å². The summed E-state index contributed by atoms with van der Waals surface area (Å²) in [5.41, 5.74) is 0.0211. The lowest BCUT2D eigenvalue weighted by atomic mass is 10.4. The van der Waals surface area contributed by atoms with E-state index >= 15 is 0 Å². The van der Waals surface area contributed by atoms with Gasteiger partial charge in [-0.05, 0) is 22.0 Å². The van der Waals surface area contributed by atoms with Crippen LogP contribution in [0.2, 0.25) is 5.15 Å². The highest BCUT2D eigenvalue weighted by Gasteiger charge is 2.11. The Kier molecular flexibility index (Phi) is 3.30. The maximum absolute atomic E-state index is 11.7. The van der Waals surface area contributed by atoms with Gasteiger partial charge in [-0.2, -0.15) is 0 Å². The lowest BCUT2D eigenvalue weighted by molar-refractivity contribution is 0.102. The number of aromatic nitrogens is 3. The van der Waals surface area contributed by atoms with E-state index in [1.807, 2.05) is 0 Å². The van der Waals surface area contributed by atoms with Crippen LogP contribution in [0.25, 0.3) is 0 Å². The Balaban J connectivity index is 2.24. The van der Waals surface area contributed by atoms with Crippen molar-refractivity contribution in [1.82, 2.24) is 15.0 Å². The molecule has 0 aliphatic carbocycles. The van der Waals surface area contributed by atoms with E-state index < -0.39 is 11.6 Å². The van der Waals surface area contributed by atoms with Crippen molar-refractivity contribution < 1.29 is 4.79 Å². The minimum atomic E-state index is -0.481. The molecule has 0 aromatic carbocycles. The summed E-state index contributed by atoms with van der Waals surface area (Å²) in [6.07, 6.45) is 2.78. The van der Waals surface area contributed by atoms with Crippen molar-refractivity contribution in [2.45, 2.75) is 0 Å². The smallest absolute Gasteiger partial charge is 0.318 e. The first-order valence-electron chi connectivity index (χ1n) is 4.46. The first-order valence-corrected chi connectivity index (χ1v) is 5.63. The number of imidazole rings is 1. The average Bonchev–Trinajstić information content (AvgIpc) is 2.70. The van der Waals surface area contributed by atoms with E-state index in [2.05, 4.69) is 36.2 Å². The Morgan fingerprint density at radius 2 is 2.29 bits per heavy atom. The quantitative estimate of drug-likeness (QED) is 0.737. The van der Waals surface area contributed by atoms with Crippen LogP contribution in [0.5, 0.6) is 0 Å². The molecular weight excluding hydrogens is 311 g/mol. The van der Waals surface area contributed by atoms with Crippen LogP contribution in [0.15, 0.2) is 27.7 Å². The third kappa shape index (κ3) is 2.75. The molecule has 6 nitrogen and oxygen atoms in total. The molecule has 88 valence electrons. The van der Waals surface area contributed by atoms with Gasteiger partial charge in [-0.3, -0.25) is 4.79 Å². The molecule has 0 aliphatic rings. The number of aromatic amines is 2. The van der Waals surface area contributed by atoms with Gasteiger partial charge in [0.2, 0.25) is 0 Å². The maximum Gasteiger partial charge on any atom is 0.323 e. The number of hydrogen-bond acceptors (Lipinski definition) is 3. The number of amides is 1. The lowest BCUT2D eigenvalue weighted by Crippen LogP contribution is -2.14. The van der Waals surface area contributed by atoms with Crippen LogP contribution < -0.4 is 11.0 Å². The zero-order valence-electron chi connectivity index (χ0n) is 8.25. The molecule has 1 amide bonds. The van der Waals surface area contributed by atoms with Gasteiger partial charge in [0.25, 0.3) is 5.91 Å². The molecule has 2 aromatic heterocycles. The van der Waals surface area contributed by atoms with Crippen LogP contribution in [0.4, 0.5) is 5.69 Å². The van der Waals surface area contributed by atoms with Crippen LogP contribution in [0.1, 0.15) is 10.5 Å². The van der Waals surface area contributed by atoms with Gasteiger partial charge in [0, 0.05) is 16.9 Å². The minimum Gasteiger partial charge on any atom is -0.318 e. The topological polar surface area (TPSA) is 90.6 Å². The monoisotopic (exact) mass is 316 g/mol. The Hall–Kier alpha value is -1.60. The van der Waals surface area contributed by atoms with E-state index in [1.54, 1.807) is 6.07 Å². The normalized spacial score (nSPS) is 10.2. The number of rotatable bonds is 2. The zero-order valence-corrected chi connectivity index (χ0v) is 10.6. The molecule has 2 heterocycles. The fraction of sp³-hybridized carbons (Fsp3) is 0. The highest BCUT2D eigenvalue weighted by Crippen LogP contribution is 2.23. The zero-order chi connectivity index (χ0) is 12.4. The molecule has 0 fully saturated rings.